The molecule has 2 aromatic rings. The molecule has 0 unspecified atom stereocenters. The number of aromatic nitrogens is 5. The second-order valence-electron chi connectivity index (χ2n) is 4.04. The highest BCUT2D eigenvalue weighted by Gasteiger charge is 2.08. The molecule has 0 saturated heterocycles. The summed E-state index contributed by atoms with van der Waals surface area (Å²) in [4.78, 5) is 4.23. The van der Waals surface area contributed by atoms with Crippen molar-refractivity contribution in [1.82, 2.24) is 25.0 Å². The van der Waals surface area contributed by atoms with Crippen LogP contribution in [0.1, 0.15) is 26.7 Å². The molecule has 0 atom stereocenters. The molecule has 18 heavy (non-hydrogen) atoms. The van der Waals surface area contributed by atoms with Crippen LogP contribution in [0.4, 0.5) is 5.82 Å². The van der Waals surface area contributed by atoms with Gasteiger partial charge in [0.15, 0.2) is 5.82 Å². The molecule has 0 fully saturated rings. The van der Waals surface area contributed by atoms with Crippen molar-refractivity contribution in [1.29, 1.82) is 0 Å². The molecule has 0 spiro atoms. The van der Waals surface area contributed by atoms with Crippen molar-refractivity contribution in [2.75, 3.05) is 11.9 Å². The largest absolute Gasteiger partial charge is 0.369 e. The second-order valence-corrected chi connectivity index (χ2v) is 4.04. The van der Waals surface area contributed by atoms with Crippen LogP contribution < -0.4 is 5.32 Å². The molecule has 6 nitrogen and oxygen atoms in total. The number of aryl methyl sites for hydroxylation is 1. The third-order valence-electron chi connectivity index (χ3n) is 2.50. The Labute approximate surface area is 106 Å². The monoisotopic (exact) mass is 246 g/mol. The summed E-state index contributed by atoms with van der Waals surface area (Å²) in [5.41, 5.74) is 0.753. The lowest BCUT2D eigenvalue weighted by atomic mass is 10.3. The minimum Gasteiger partial charge on any atom is -0.369 e. The fraction of sp³-hybridized carbons (Fsp3) is 0.500. The van der Waals surface area contributed by atoms with Crippen LogP contribution in [0.15, 0.2) is 18.5 Å². The van der Waals surface area contributed by atoms with Gasteiger partial charge in [-0.2, -0.15) is 5.10 Å². The lowest BCUT2D eigenvalue weighted by molar-refractivity contribution is 0.606. The molecule has 2 aromatic heterocycles. The maximum Gasteiger partial charge on any atom is 0.178 e. The highest BCUT2D eigenvalue weighted by atomic mass is 15.3. The molecular formula is C12H18N6. The number of hydrogen-bond donors (Lipinski definition) is 1. The second kappa shape index (κ2) is 6.09. The van der Waals surface area contributed by atoms with E-state index in [0.29, 0.717) is 0 Å². The fourth-order valence-corrected chi connectivity index (χ4v) is 1.64. The summed E-state index contributed by atoms with van der Waals surface area (Å²) in [6.45, 7) is 5.96. The van der Waals surface area contributed by atoms with Gasteiger partial charge in [0.1, 0.15) is 17.8 Å². The Kier molecular flexibility index (Phi) is 4.22. The van der Waals surface area contributed by atoms with Crippen molar-refractivity contribution < 1.29 is 0 Å². The number of nitrogens with one attached hydrogen (secondary N) is 1. The summed E-state index contributed by atoms with van der Waals surface area (Å²) in [6, 6.07) is 3.84. The Morgan fingerprint density at radius 3 is 2.72 bits per heavy atom. The smallest absolute Gasteiger partial charge is 0.178 e. The molecule has 0 amide bonds. The first kappa shape index (κ1) is 12.5. The molecule has 96 valence electrons. The summed E-state index contributed by atoms with van der Waals surface area (Å²) >= 11 is 0. The normalized spacial score (nSPS) is 10.6. The Bertz CT molecular complexity index is 476. The van der Waals surface area contributed by atoms with Crippen LogP contribution >= 0.6 is 0 Å². The van der Waals surface area contributed by atoms with E-state index < -0.39 is 0 Å². The maximum atomic E-state index is 4.23. The van der Waals surface area contributed by atoms with Crippen LogP contribution in [0.2, 0.25) is 0 Å². The summed E-state index contributed by atoms with van der Waals surface area (Å²) < 4.78 is 1.85. The summed E-state index contributed by atoms with van der Waals surface area (Å²) in [6.07, 6.45) is 3.63. The Morgan fingerprint density at radius 1 is 1.17 bits per heavy atom. The van der Waals surface area contributed by atoms with Crippen LogP contribution in [0, 0.1) is 0 Å². The predicted octanol–water partition coefficient (Wildman–Crippen LogP) is 1.97. The number of anilines is 1. The van der Waals surface area contributed by atoms with Crippen LogP contribution in [-0.4, -0.2) is 31.5 Å². The molecule has 0 aliphatic rings. The molecule has 0 aliphatic carbocycles. The Balaban J connectivity index is 2.15. The predicted molar refractivity (Wildman–Crippen MR) is 70.1 cm³/mol. The lowest BCUT2D eigenvalue weighted by Gasteiger charge is -2.05. The van der Waals surface area contributed by atoms with Gasteiger partial charge in [-0.15, -0.1) is 10.2 Å². The lowest BCUT2D eigenvalue weighted by Crippen LogP contribution is -2.05. The number of nitrogens with zero attached hydrogens (tertiary/aromatic N) is 5. The van der Waals surface area contributed by atoms with Crippen LogP contribution in [0.3, 0.4) is 0 Å². The molecule has 0 aromatic carbocycles. The standard InChI is InChI=1S/C12H18N6/c1-3-7-13-11-6-5-10(16-17-11)12-14-9-15-18(12)8-4-2/h5-6,9H,3-4,7-8H2,1-2H3,(H,13,17). The average Bonchev–Trinajstić information content (AvgIpc) is 2.86. The molecule has 0 bridgehead atoms. The van der Waals surface area contributed by atoms with Crippen LogP contribution in [-0.2, 0) is 6.54 Å². The van der Waals surface area contributed by atoms with E-state index in [1.54, 1.807) is 6.33 Å². The first-order valence-corrected chi connectivity index (χ1v) is 6.31. The van der Waals surface area contributed by atoms with E-state index in [9.17, 15) is 0 Å². The first-order valence-electron chi connectivity index (χ1n) is 6.31. The van der Waals surface area contributed by atoms with Crippen molar-refractivity contribution in [2.45, 2.75) is 33.2 Å². The molecule has 2 heterocycles. The van der Waals surface area contributed by atoms with E-state index >= 15 is 0 Å². The van der Waals surface area contributed by atoms with Crippen molar-refractivity contribution in [3.63, 3.8) is 0 Å². The van der Waals surface area contributed by atoms with Crippen molar-refractivity contribution in [3.8, 4) is 11.5 Å². The molecule has 0 radical (unpaired) electrons. The summed E-state index contributed by atoms with van der Waals surface area (Å²) in [7, 11) is 0. The van der Waals surface area contributed by atoms with Gasteiger partial charge < -0.3 is 5.32 Å². The zero-order valence-corrected chi connectivity index (χ0v) is 10.8. The molecular weight excluding hydrogens is 228 g/mol. The van der Waals surface area contributed by atoms with Gasteiger partial charge in [-0.05, 0) is 25.0 Å². The molecule has 1 N–H and O–H groups in total. The Hall–Kier alpha value is -1.98. The van der Waals surface area contributed by atoms with Gasteiger partial charge in [0, 0.05) is 13.1 Å². The van der Waals surface area contributed by atoms with Gasteiger partial charge in [-0.1, -0.05) is 13.8 Å². The zero-order chi connectivity index (χ0) is 12.8. The molecule has 0 saturated carbocycles. The maximum absolute atomic E-state index is 4.23. The SMILES string of the molecule is CCCNc1ccc(-c2ncnn2CCC)nn1. The van der Waals surface area contributed by atoms with Crippen LogP contribution in [0.25, 0.3) is 11.5 Å². The van der Waals surface area contributed by atoms with Crippen molar-refractivity contribution in [2.24, 2.45) is 0 Å². The quantitative estimate of drug-likeness (QED) is 0.844. The molecule has 6 heteroatoms. The fourth-order valence-electron chi connectivity index (χ4n) is 1.64. The van der Waals surface area contributed by atoms with Crippen LogP contribution in [0.5, 0.6) is 0 Å². The Morgan fingerprint density at radius 2 is 2.06 bits per heavy atom. The number of rotatable bonds is 6. The van der Waals surface area contributed by atoms with Gasteiger partial charge >= 0.3 is 0 Å². The minimum absolute atomic E-state index is 0.753. The van der Waals surface area contributed by atoms with E-state index in [-0.39, 0.29) is 0 Å². The van der Waals surface area contributed by atoms with Gasteiger partial charge in [0.2, 0.25) is 0 Å². The highest BCUT2D eigenvalue weighted by Crippen LogP contribution is 2.14. The van der Waals surface area contributed by atoms with Crippen molar-refractivity contribution >= 4 is 5.82 Å². The average molecular weight is 246 g/mol. The minimum atomic E-state index is 0.753. The van der Waals surface area contributed by atoms with E-state index in [1.807, 2.05) is 16.8 Å². The van der Waals surface area contributed by atoms with Gasteiger partial charge in [0.25, 0.3) is 0 Å². The van der Waals surface area contributed by atoms with Crippen molar-refractivity contribution in [3.05, 3.63) is 18.5 Å². The van der Waals surface area contributed by atoms with E-state index in [4.69, 9.17) is 0 Å². The van der Waals surface area contributed by atoms with E-state index in [2.05, 4.69) is 39.4 Å². The summed E-state index contributed by atoms with van der Waals surface area (Å²) in [5.74, 6) is 1.56. The van der Waals surface area contributed by atoms with E-state index in [1.165, 1.54) is 0 Å². The molecule has 2 rings (SSSR count). The topological polar surface area (TPSA) is 68.5 Å². The third kappa shape index (κ3) is 2.82. The summed E-state index contributed by atoms with van der Waals surface area (Å²) in [5, 5.41) is 15.7. The zero-order valence-electron chi connectivity index (χ0n) is 10.8. The first-order chi connectivity index (χ1) is 8.85. The molecule has 0 aliphatic heterocycles. The van der Waals surface area contributed by atoms with Gasteiger partial charge in [-0.25, -0.2) is 9.67 Å². The number of hydrogen-bond acceptors (Lipinski definition) is 5. The highest BCUT2D eigenvalue weighted by molar-refractivity contribution is 5.50. The van der Waals surface area contributed by atoms with Gasteiger partial charge in [0.05, 0.1) is 0 Å². The van der Waals surface area contributed by atoms with E-state index in [0.717, 1.165) is 43.3 Å². The third-order valence-corrected chi connectivity index (χ3v) is 2.50. The van der Waals surface area contributed by atoms with Gasteiger partial charge in [-0.3, -0.25) is 0 Å².